The normalized spacial score (nSPS) is 15.1. The fraction of sp³-hybridized carbons (Fsp3) is 0.381. The molecule has 1 fully saturated rings. The first-order valence-corrected chi connectivity index (χ1v) is 10.9. The molecular weight excluding hydrogens is 360 g/mol. The number of hydrogen-bond acceptors (Lipinski definition) is 3. The lowest BCUT2D eigenvalue weighted by Crippen LogP contribution is -2.44. The zero-order valence-electron chi connectivity index (χ0n) is 15.4. The summed E-state index contributed by atoms with van der Waals surface area (Å²) in [4.78, 5) is 12.7. The molecule has 0 bridgehead atoms. The summed E-state index contributed by atoms with van der Waals surface area (Å²) in [7, 11) is -3.73. The topological polar surface area (TPSA) is 66.5 Å². The van der Waals surface area contributed by atoms with Gasteiger partial charge in [0.1, 0.15) is 0 Å². The van der Waals surface area contributed by atoms with Crippen LogP contribution in [0.3, 0.4) is 0 Å². The summed E-state index contributed by atoms with van der Waals surface area (Å²) in [5.74, 6) is -0.227. The van der Waals surface area contributed by atoms with E-state index < -0.39 is 10.0 Å². The summed E-state index contributed by atoms with van der Waals surface area (Å²) in [6.45, 7) is 0.111. The van der Waals surface area contributed by atoms with Gasteiger partial charge in [0.2, 0.25) is 15.9 Å². The highest BCUT2D eigenvalue weighted by Crippen LogP contribution is 2.19. The Morgan fingerprint density at radius 2 is 1.56 bits per heavy atom. The van der Waals surface area contributed by atoms with Crippen LogP contribution in [0.2, 0.25) is 0 Å². The third kappa shape index (κ3) is 5.40. The standard InChI is InChI=1S/C21H26N2O3S/c24-21(22-19-11-7-8-12-19)17-23(16-15-18-9-3-1-4-10-18)27(25,26)20-13-5-2-6-14-20/h1-6,9-10,13-14,19H,7-8,11-12,15-17H2,(H,22,24). The van der Waals surface area contributed by atoms with Gasteiger partial charge in [-0.25, -0.2) is 8.42 Å². The first kappa shape index (κ1) is 19.6. The average molecular weight is 387 g/mol. The molecule has 5 nitrogen and oxygen atoms in total. The summed E-state index contributed by atoms with van der Waals surface area (Å²) in [6.07, 6.45) is 4.74. The van der Waals surface area contributed by atoms with Crippen LogP contribution < -0.4 is 5.32 Å². The Hall–Kier alpha value is -2.18. The minimum Gasteiger partial charge on any atom is -0.352 e. The van der Waals surface area contributed by atoms with Crippen molar-refractivity contribution in [3.05, 3.63) is 66.2 Å². The largest absolute Gasteiger partial charge is 0.352 e. The van der Waals surface area contributed by atoms with E-state index in [1.54, 1.807) is 30.3 Å². The quantitative estimate of drug-likeness (QED) is 0.758. The summed E-state index contributed by atoms with van der Waals surface area (Å²) in [6, 6.07) is 18.2. The number of benzene rings is 2. The van der Waals surface area contributed by atoms with Crippen LogP contribution in [0.1, 0.15) is 31.2 Å². The minimum atomic E-state index is -3.73. The van der Waals surface area contributed by atoms with E-state index >= 15 is 0 Å². The molecule has 0 atom stereocenters. The Kier molecular flexibility index (Phi) is 6.63. The fourth-order valence-electron chi connectivity index (χ4n) is 3.43. The van der Waals surface area contributed by atoms with Crippen molar-refractivity contribution in [1.82, 2.24) is 9.62 Å². The molecule has 0 spiro atoms. The first-order valence-electron chi connectivity index (χ1n) is 9.44. The third-order valence-electron chi connectivity index (χ3n) is 4.91. The van der Waals surface area contributed by atoms with Gasteiger partial charge in [-0.05, 0) is 37.0 Å². The molecule has 6 heteroatoms. The monoisotopic (exact) mass is 386 g/mol. The molecule has 0 aromatic heterocycles. The van der Waals surface area contributed by atoms with Crippen molar-refractivity contribution in [3.63, 3.8) is 0 Å². The molecule has 1 amide bonds. The lowest BCUT2D eigenvalue weighted by Gasteiger charge is -2.23. The van der Waals surface area contributed by atoms with Crippen LogP contribution in [-0.2, 0) is 21.2 Å². The van der Waals surface area contributed by atoms with E-state index in [0.717, 1.165) is 31.2 Å². The Balaban J connectivity index is 1.74. The Morgan fingerprint density at radius 1 is 0.963 bits per heavy atom. The van der Waals surface area contributed by atoms with Crippen molar-refractivity contribution in [3.8, 4) is 0 Å². The molecule has 0 heterocycles. The molecule has 2 aromatic rings. The van der Waals surface area contributed by atoms with Gasteiger partial charge in [-0.1, -0.05) is 61.4 Å². The number of hydrogen-bond donors (Lipinski definition) is 1. The molecule has 0 saturated heterocycles. The average Bonchev–Trinajstić information content (AvgIpc) is 3.19. The van der Waals surface area contributed by atoms with Gasteiger partial charge in [-0.15, -0.1) is 0 Å². The van der Waals surface area contributed by atoms with Gasteiger partial charge < -0.3 is 5.32 Å². The van der Waals surface area contributed by atoms with Gasteiger partial charge in [-0.3, -0.25) is 4.79 Å². The van der Waals surface area contributed by atoms with Crippen LogP contribution in [0, 0.1) is 0 Å². The predicted octanol–water partition coefficient (Wildman–Crippen LogP) is 2.98. The van der Waals surface area contributed by atoms with Crippen molar-refractivity contribution in [2.75, 3.05) is 13.1 Å². The molecule has 2 aromatic carbocycles. The molecule has 1 aliphatic rings. The van der Waals surface area contributed by atoms with E-state index in [-0.39, 0.29) is 29.9 Å². The summed E-state index contributed by atoms with van der Waals surface area (Å²) < 4.78 is 27.4. The molecule has 1 saturated carbocycles. The van der Waals surface area contributed by atoms with Gasteiger partial charge in [0.25, 0.3) is 0 Å². The second-order valence-electron chi connectivity index (χ2n) is 6.94. The molecule has 0 unspecified atom stereocenters. The summed E-state index contributed by atoms with van der Waals surface area (Å²) in [5.41, 5.74) is 1.04. The molecule has 144 valence electrons. The molecule has 0 aliphatic heterocycles. The van der Waals surface area contributed by atoms with Crippen molar-refractivity contribution in [1.29, 1.82) is 0 Å². The SMILES string of the molecule is O=C(CN(CCc1ccccc1)S(=O)(=O)c1ccccc1)NC1CCCC1. The smallest absolute Gasteiger partial charge is 0.243 e. The van der Waals surface area contributed by atoms with Crippen LogP contribution >= 0.6 is 0 Å². The molecular formula is C21H26N2O3S. The van der Waals surface area contributed by atoms with Gasteiger partial charge in [0.05, 0.1) is 11.4 Å². The number of carbonyl (C=O) groups is 1. The van der Waals surface area contributed by atoms with Crippen LogP contribution in [0.15, 0.2) is 65.6 Å². The van der Waals surface area contributed by atoms with Crippen molar-refractivity contribution < 1.29 is 13.2 Å². The molecule has 0 radical (unpaired) electrons. The van der Waals surface area contributed by atoms with E-state index in [9.17, 15) is 13.2 Å². The number of rotatable bonds is 8. The number of nitrogens with one attached hydrogen (secondary N) is 1. The van der Waals surface area contributed by atoms with Crippen LogP contribution in [-0.4, -0.2) is 37.8 Å². The Bertz CT molecular complexity index is 832. The van der Waals surface area contributed by atoms with E-state index in [2.05, 4.69) is 5.32 Å². The van der Waals surface area contributed by atoms with E-state index in [1.165, 1.54) is 4.31 Å². The fourth-order valence-corrected chi connectivity index (χ4v) is 4.85. The highest BCUT2D eigenvalue weighted by Gasteiger charge is 2.27. The number of carbonyl (C=O) groups excluding carboxylic acids is 1. The number of nitrogens with zero attached hydrogens (tertiary/aromatic N) is 1. The maximum atomic E-state index is 13.1. The maximum Gasteiger partial charge on any atom is 0.243 e. The lowest BCUT2D eigenvalue weighted by molar-refractivity contribution is -0.122. The van der Waals surface area contributed by atoms with Crippen LogP contribution in [0.5, 0.6) is 0 Å². The second-order valence-corrected chi connectivity index (χ2v) is 8.87. The van der Waals surface area contributed by atoms with Gasteiger partial charge >= 0.3 is 0 Å². The molecule has 1 N–H and O–H groups in total. The number of amides is 1. The third-order valence-corrected chi connectivity index (χ3v) is 6.77. The molecule has 3 rings (SSSR count). The number of sulfonamides is 1. The summed E-state index contributed by atoms with van der Waals surface area (Å²) in [5, 5.41) is 2.99. The highest BCUT2D eigenvalue weighted by atomic mass is 32.2. The predicted molar refractivity (Wildman–Crippen MR) is 106 cm³/mol. The molecule has 1 aliphatic carbocycles. The lowest BCUT2D eigenvalue weighted by atomic mass is 10.1. The second kappa shape index (κ2) is 9.15. The van der Waals surface area contributed by atoms with Crippen molar-refractivity contribution in [2.45, 2.75) is 43.0 Å². The summed E-state index contributed by atoms with van der Waals surface area (Å²) >= 11 is 0. The van der Waals surface area contributed by atoms with Gasteiger partial charge in [0.15, 0.2) is 0 Å². The van der Waals surface area contributed by atoms with Gasteiger partial charge in [0, 0.05) is 12.6 Å². The minimum absolute atomic E-state index is 0.152. The van der Waals surface area contributed by atoms with E-state index in [0.29, 0.717) is 6.42 Å². The van der Waals surface area contributed by atoms with E-state index in [1.807, 2.05) is 30.3 Å². The van der Waals surface area contributed by atoms with Crippen molar-refractivity contribution >= 4 is 15.9 Å². The highest BCUT2D eigenvalue weighted by molar-refractivity contribution is 7.89. The van der Waals surface area contributed by atoms with Gasteiger partial charge in [-0.2, -0.15) is 4.31 Å². The van der Waals surface area contributed by atoms with Crippen molar-refractivity contribution in [2.24, 2.45) is 0 Å². The Morgan fingerprint density at radius 3 is 2.19 bits per heavy atom. The van der Waals surface area contributed by atoms with Crippen LogP contribution in [0.25, 0.3) is 0 Å². The zero-order valence-corrected chi connectivity index (χ0v) is 16.2. The molecule has 27 heavy (non-hydrogen) atoms. The maximum absolute atomic E-state index is 13.1. The van der Waals surface area contributed by atoms with E-state index in [4.69, 9.17) is 0 Å². The zero-order chi connectivity index (χ0) is 19.1. The first-order chi connectivity index (χ1) is 13.1. The Labute approximate surface area is 161 Å². The van der Waals surface area contributed by atoms with Crippen LogP contribution in [0.4, 0.5) is 0 Å².